The van der Waals surface area contributed by atoms with Crippen LogP contribution < -0.4 is 10.2 Å². The molecule has 1 aliphatic rings. The Balaban J connectivity index is 1.84. The summed E-state index contributed by atoms with van der Waals surface area (Å²) >= 11 is 1.48. The maximum Gasteiger partial charge on any atom is 0.332 e. The number of hydrogen-bond donors (Lipinski definition) is 2. The van der Waals surface area contributed by atoms with Gasteiger partial charge in [0, 0.05) is 24.9 Å². The number of phenols is 1. The summed E-state index contributed by atoms with van der Waals surface area (Å²) in [7, 11) is 0. The van der Waals surface area contributed by atoms with Gasteiger partial charge in [-0.2, -0.15) is 0 Å². The van der Waals surface area contributed by atoms with Gasteiger partial charge < -0.3 is 15.3 Å². The Kier molecular flexibility index (Phi) is 7.57. The second kappa shape index (κ2) is 10.3. The van der Waals surface area contributed by atoms with Crippen LogP contribution in [-0.2, 0) is 16.1 Å². The number of nitrogens with zero attached hydrogens (tertiary/aromatic N) is 2. The van der Waals surface area contributed by atoms with E-state index in [-0.39, 0.29) is 30.1 Å². The zero-order valence-corrected chi connectivity index (χ0v) is 18.5. The average molecular weight is 442 g/mol. The molecule has 0 spiro atoms. The third kappa shape index (κ3) is 5.38. The third-order valence-electron chi connectivity index (χ3n) is 5.19. The highest BCUT2D eigenvalue weighted by Gasteiger charge is 2.45. The lowest BCUT2D eigenvalue weighted by molar-refractivity contribution is -0.120. The molecule has 0 radical (unpaired) electrons. The quantitative estimate of drug-likeness (QED) is 0.351. The van der Waals surface area contributed by atoms with E-state index in [0.29, 0.717) is 25.1 Å². The molecule has 0 aliphatic carbocycles. The highest BCUT2D eigenvalue weighted by Crippen LogP contribution is 2.35. The molecule has 1 heterocycles. The summed E-state index contributed by atoms with van der Waals surface area (Å²) < 4.78 is 0. The van der Waals surface area contributed by atoms with Crippen molar-refractivity contribution in [3.8, 4) is 5.75 Å². The van der Waals surface area contributed by atoms with Crippen LogP contribution in [0.15, 0.2) is 53.4 Å². The van der Waals surface area contributed by atoms with E-state index in [1.165, 1.54) is 23.6 Å². The van der Waals surface area contributed by atoms with E-state index < -0.39 is 6.04 Å². The first-order valence-corrected chi connectivity index (χ1v) is 11.4. The minimum absolute atomic E-state index is 0.0857. The Morgan fingerprint density at radius 2 is 1.90 bits per heavy atom. The van der Waals surface area contributed by atoms with Crippen molar-refractivity contribution in [1.82, 2.24) is 10.2 Å². The van der Waals surface area contributed by atoms with E-state index in [2.05, 4.69) is 5.32 Å². The van der Waals surface area contributed by atoms with Crippen molar-refractivity contribution in [2.75, 3.05) is 17.7 Å². The molecule has 2 aromatic rings. The van der Waals surface area contributed by atoms with Gasteiger partial charge in [-0.1, -0.05) is 24.3 Å². The van der Waals surface area contributed by atoms with Gasteiger partial charge in [-0.05, 0) is 55.3 Å². The smallest absolute Gasteiger partial charge is 0.332 e. The Labute approximate surface area is 186 Å². The summed E-state index contributed by atoms with van der Waals surface area (Å²) in [5.74, 6) is -0.212. The number of imide groups is 1. The number of para-hydroxylation sites is 1. The van der Waals surface area contributed by atoms with Gasteiger partial charge in [-0.15, -0.1) is 11.8 Å². The van der Waals surface area contributed by atoms with Crippen LogP contribution in [0, 0.1) is 0 Å². The van der Waals surface area contributed by atoms with Crippen LogP contribution in [0.1, 0.15) is 31.7 Å². The van der Waals surface area contributed by atoms with Gasteiger partial charge in [0.1, 0.15) is 11.8 Å². The second-order valence-electron chi connectivity index (χ2n) is 7.42. The fourth-order valence-corrected chi connectivity index (χ4v) is 4.29. The van der Waals surface area contributed by atoms with Crippen molar-refractivity contribution in [2.45, 2.75) is 43.7 Å². The van der Waals surface area contributed by atoms with E-state index >= 15 is 0 Å². The maximum atomic E-state index is 13.4. The van der Waals surface area contributed by atoms with E-state index in [9.17, 15) is 19.5 Å². The minimum Gasteiger partial charge on any atom is -0.508 e. The van der Waals surface area contributed by atoms with Gasteiger partial charge in [-0.25, -0.2) is 9.69 Å². The summed E-state index contributed by atoms with van der Waals surface area (Å²) in [6, 6.07) is 13.1. The van der Waals surface area contributed by atoms with Crippen LogP contribution in [0.3, 0.4) is 0 Å². The molecule has 1 aliphatic heterocycles. The number of aromatic hydroxyl groups is 1. The largest absolute Gasteiger partial charge is 0.508 e. The van der Waals surface area contributed by atoms with Gasteiger partial charge in [0.15, 0.2) is 0 Å². The van der Waals surface area contributed by atoms with Crippen molar-refractivity contribution in [3.63, 3.8) is 0 Å². The van der Waals surface area contributed by atoms with Gasteiger partial charge in [0.2, 0.25) is 5.91 Å². The summed E-state index contributed by atoms with van der Waals surface area (Å²) in [5, 5.41) is 12.5. The number of anilines is 1. The molecule has 4 amide bonds. The van der Waals surface area contributed by atoms with E-state index in [4.69, 9.17) is 0 Å². The third-order valence-corrected chi connectivity index (χ3v) is 5.97. The van der Waals surface area contributed by atoms with Crippen molar-refractivity contribution in [2.24, 2.45) is 0 Å². The number of hydrogen-bond acceptors (Lipinski definition) is 5. The summed E-state index contributed by atoms with van der Waals surface area (Å²) in [5.41, 5.74) is 1.34. The van der Waals surface area contributed by atoms with Crippen LogP contribution in [0.5, 0.6) is 5.75 Å². The predicted molar refractivity (Wildman–Crippen MR) is 121 cm³/mol. The van der Waals surface area contributed by atoms with E-state index in [1.54, 1.807) is 29.2 Å². The average Bonchev–Trinajstić information content (AvgIpc) is 2.97. The molecule has 0 aromatic heterocycles. The number of carbonyl (C=O) groups excluding carboxylic acids is 3. The molecule has 0 unspecified atom stereocenters. The molecule has 1 fully saturated rings. The molecule has 1 saturated heterocycles. The Bertz CT molecular complexity index is 965. The second-order valence-corrected chi connectivity index (χ2v) is 8.27. The summed E-state index contributed by atoms with van der Waals surface area (Å²) in [6.07, 6.45) is 3.83. The molecule has 8 heteroatoms. The molecule has 164 valence electrons. The van der Waals surface area contributed by atoms with Gasteiger partial charge in [0.25, 0.3) is 5.91 Å². The molecule has 3 rings (SSSR count). The number of nitrogens with one attached hydrogen (secondary N) is 1. The number of unbranched alkanes of at least 4 members (excludes halogenated alkanes) is 1. The first kappa shape index (κ1) is 22.7. The number of urea groups is 1. The number of carbonyl (C=O) groups is 3. The molecular formula is C23H27N3O4S. The lowest BCUT2D eigenvalue weighted by Crippen LogP contribution is -2.35. The van der Waals surface area contributed by atoms with Crippen molar-refractivity contribution in [1.29, 1.82) is 0 Å². The number of rotatable bonds is 9. The van der Waals surface area contributed by atoms with Crippen LogP contribution >= 0.6 is 11.8 Å². The lowest BCUT2D eigenvalue weighted by Gasteiger charge is -2.22. The van der Waals surface area contributed by atoms with Crippen LogP contribution in [-0.4, -0.2) is 46.7 Å². The molecular weight excluding hydrogens is 414 g/mol. The number of benzene rings is 2. The highest BCUT2D eigenvalue weighted by molar-refractivity contribution is 7.98. The normalized spacial score (nSPS) is 16.1. The summed E-state index contributed by atoms with van der Waals surface area (Å²) in [6.45, 7) is 2.24. The van der Waals surface area contributed by atoms with Gasteiger partial charge in [-0.3, -0.25) is 9.59 Å². The summed E-state index contributed by atoms with van der Waals surface area (Å²) in [4.78, 5) is 41.5. The lowest BCUT2D eigenvalue weighted by atomic mass is 10.1. The molecule has 0 saturated carbocycles. The molecule has 0 bridgehead atoms. The zero-order valence-electron chi connectivity index (χ0n) is 17.7. The molecule has 2 aromatic carbocycles. The fourth-order valence-electron chi connectivity index (χ4n) is 3.71. The SMILES string of the molecule is CSc1ccccc1N1C(=O)[C@H](CCCCNC(C)=O)N(Cc2cccc(O)c2)C1=O. The molecule has 31 heavy (non-hydrogen) atoms. The van der Waals surface area contributed by atoms with Crippen LogP contribution in [0.2, 0.25) is 0 Å². The van der Waals surface area contributed by atoms with E-state index in [1.807, 2.05) is 30.5 Å². The molecule has 1 atom stereocenters. The Morgan fingerprint density at radius 3 is 2.61 bits per heavy atom. The molecule has 7 nitrogen and oxygen atoms in total. The standard InChI is InChI=1S/C23H27N3O4S/c1-16(27)24-13-6-5-11-20-22(29)26(19-10-3-4-12-21(19)31-2)23(30)25(20)15-17-8-7-9-18(28)14-17/h3-4,7-10,12,14,20,28H,5-6,11,13,15H2,1-2H3,(H,24,27)/t20-/m0/s1. The molecule has 2 N–H and O–H groups in total. The Morgan fingerprint density at radius 1 is 1.13 bits per heavy atom. The van der Waals surface area contributed by atoms with Crippen LogP contribution in [0.25, 0.3) is 0 Å². The Hall–Kier alpha value is -3.00. The van der Waals surface area contributed by atoms with Crippen LogP contribution in [0.4, 0.5) is 10.5 Å². The van der Waals surface area contributed by atoms with Gasteiger partial charge >= 0.3 is 6.03 Å². The number of amides is 4. The number of phenolic OH excluding ortho intramolecular Hbond substituents is 1. The predicted octanol–water partition coefficient (Wildman–Crippen LogP) is 3.76. The van der Waals surface area contributed by atoms with Gasteiger partial charge in [0.05, 0.1) is 5.69 Å². The number of thioether (sulfide) groups is 1. The first-order valence-electron chi connectivity index (χ1n) is 10.2. The monoisotopic (exact) mass is 441 g/mol. The minimum atomic E-state index is -0.595. The topological polar surface area (TPSA) is 90.0 Å². The first-order chi connectivity index (χ1) is 14.9. The van der Waals surface area contributed by atoms with Crippen molar-refractivity contribution >= 4 is 35.3 Å². The fraction of sp³-hybridized carbons (Fsp3) is 0.348. The zero-order chi connectivity index (χ0) is 22.4. The highest BCUT2D eigenvalue weighted by atomic mass is 32.2. The van der Waals surface area contributed by atoms with Crippen molar-refractivity contribution in [3.05, 3.63) is 54.1 Å². The maximum absolute atomic E-state index is 13.4. The van der Waals surface area contributed by atoms with E-state index in [0.717, 1.165) is 16.9 Å². The van der Waals surface area contributed by atoms with Crippen molar-refractivity contribution < 1.29 is 19.5 Å².